The highest BCUT2D eigenvalue weighted by Gasteiger charge is 2.35. The number of carbonyl (C=O) groups excluding carboxylic acids is 2. The molecule has 0 saturated heterocycles. The Balaban J connectivity index is 2.17. The van der Waals surface area contributed by atoms with Crippen molar-refractivity contribution in [2.45, 2.75) is 6.10 Å². The number of phenolic OH excluding ortho intramolecular Hbond substituents is 2. The summed E-state index contributed by atoms with van der Waals surface area (Å²) in [6.07, 6.45) is -1.38. The molecule has 4 rings (SSSR count). The molecule has 0 saturated carbocycles. The van der Waals surface area contributed by atoms with Gasteiger partial charge in [0.2, 0.25) is 0 Å². The van der Waals surface area contributed by atoms with Gasteiger partial charge in [0.05, 0.1) is 5.39 Å². The standard InChI is InChI=1S/C19H13NO7/c20-19(27)12-15(23)9-5-8-10(16(24)11(9)17(25)18(12)26)14(22)7-4-2-1-3-6(7)13(8)21/h1-5,14,22-26H,(H2,20,27). The minimum Gasteiger partial charge on any atom is -0.507 e. The zero-order valence-electron chi connectivity index (χ0n) is 13.6. The number of aliphatic hydroxyl groups is 1. The number of aromatic hydroxyl groups is 4. The van der Waals surface area contributed by atoms with Crippen LogP contribution < -0.4 is 5.73 Å². The van der Waals surface area contributed by atoms with Crippen LogP contribution in [0, 0.1) is 0 Å². The van der Waals surface area contributed by atoms with Crippen LogP contribution in [0.4, 0.5) is 0 Å². The van der Waals surface area contributed by atoms with Crippen molar-refractivity contribution in [2.24, 2.45) is 5.73 Å². The van der Waals surface area contributed by atoms with E-state index in [1.54, 1.807) is 12.1 Å². The number of fused-ring (bicyclic) bond motifs is 3. The predicted molar refractivity (Wildman–Crippen MR) is 93.1 cm³/mol. The molecule has 1 atom stereocenters. The predicted octanol–water partition coefficient (Wildman–Crippen LogP) is 1.39. The zero-order valence-corrected chi connectivity index (χ0v) is 13.6. The van der Waals surface area contributed by atoms with Crippen LogP contribution in [0.25, 0.3) is 10.8 Å². The number of nitrogens with two attached hydrogens (primary N) is 1. The zero-order chi connectivity index (χ0) is 19.6. The van der Waals surface area contributed by atoms with Crippen molar-refractivity contribution < 1.29 is 35.1 Å². The van der Waals surface area contributed by atoms with Gasteiger partial charge in [0.15, 0.2) is 17.3 Å². The molecular formula is C19H13NO7. The Bertz CT molecular complexity index is 1180. The molecule has 27 heavy (non-hydrogen) atoms. The van der Waals surface area contributed by atoms with Gasteiger partial charge in [-0.3, -0.25) is 9.59 Å². The number of primary amides is 1. The Hall–Kier alpha value is -3.78. The third-order valence-corrected chi connectivity index (χ3v) is 4.79. The molecule has 0 aromatic heterocycles. The van der Waals surface area contributed by atoms with Crippen molar-refractivity contribution in [1.29, 1.82) is 0 Å². The number of hydrogen-bond acceptors (Lipinski definition) is 7. The Morgan fingerprint density at radius 2 is 1.59 bits per heavy atom. The molecule has 3 aromatic carbocycles. The molecule has 1 unspecified atom stereocenters. The van der Waals surface area contributed by atoms with Crippen molar-refractivity contribution in [3.05, 3.63) is 58.1 Å². The molecule has 1 aliphatic carbocycles. The fourth-order valence-electron chi connectivity index (χ4n) is 3.54. The molecule has 8 heteroatoms. The molecule has 0 radical (unpaired) electrons. The highest BCUT2D eigenvalue weighted by Crippen LogP contribution is 2.51. The van der Waals surface area contributed by atoms with Gasteiger partial charge in [-0.15, -0.1) is 0 Å². The monoisotopic (exact) mass is 367 g/mol. The van der Waals surface area contributed by atoms with E-state index in [2.05, 4.69) is 0 Å². The topological polar surface area (TPSA) is 161 Å². The lowest BCUT2D eigenvalue weighted by Gasteiger charge is -2.26. The first-order chi connectivity index (χ1) is 12.8. The Morgan fingerprint density at radius 1 is 0.926 bits per heavy atom. The van der Waals surface area contributed by atoms with E-state index < -0.39 is 51.7 Å². The summed E-state index contributed by atoms with van der Waals surface area (Å²) in [5, 5.41) is 51.2. The number of ketones is 1. The number of rotatable bonds is 1. The summed E-state index contributed by atoms with van der Waals surface area (Å²) in [4.78, 5) is 24.3. The van der Waals surface area contributed by atoms with E-state index >= 15 is 0 Å². The summed E-state index contributed by atoms with van der Waals surface area (Å²) < 4.78 is 0. The Kier molecular flexibility index (Phi) is 3.31. The first-order valence-corrected chi connectivity index (χ1v) is 7.83. The van der Waals surface area contributed by atoms with Gasteiger partial charge in [0.25, 0.3) is 5.91 Å². The van der Waals surface area contributed by atoms with E-state index in [0.717, 1.165) is 6.07 Å². The van der Waals surface area contributed by atoms with Gasteiger partial charge in [0, 0.05) is 22.1 Å². The highest BCUT2D eigenvalue weighted by atomic mass is 16.3. The normalized spacial score (nSPS) is 15.4. The quantitative estimate of drug-likeness (QED) is 0.280. The van der Waals surface area contributed by atoms with Crippen molar-refractivity contribution in [2.75, 3.05) is 0 Å². The van der Waals surface area contributed by atoms with Gasteiger partial charge in [0.1, 0.15) is 23.2 Å². The molecule has 1 aliphatic rings. The van der Waals surface area contributed by atoms with Crippen LogP contribution in [-0.4, -0.2) is 37.2 Å². The second-order valence-corrected chi connectivity index (χ2v) is 6.21. The van der Waals surface area contributed by atoms with Crippen LogP contribution in [0.5, 0.6) is 23.0 Å². The first-order valence-electron chi connectivity index (χ1n) is 7.83. The van der Waals surface area contributed by atoms with Crippen LogP contribution in [0.3, 0.4) is 0 Å². The van der Waals surface area contributed by atoms with Crippen LogP contribution in [0.15, 0.2) is 30.3 Å². The summed E-state index contributed by atoms with van der Waals surface area (Å²) in [7, 11) is 0. The number of aliphatic hydroxyl groups excluding tert-OH is 1. The van der Waals surface area contributed by atoms with Crippen LogP contribution in [0.1, 0.15) is 43.5 Å². The number of phenols is 4. The first kappa shape index (κ1) is 16.7. The van der Waals surface area contributed by atoms with Crippen LogP contribution in [-0.2, 0) is 0 Å². The summed E-state index contributed by atoms with van der Waals surface area (Å²) in [5.74, 6) is -5.15. The third-order valence-electron chi connectivity index (χ3n) is 4.79. The largest absolute Gasteiger partial charge is 0.507 e. The number of amides is 1. The molecular weight excluding hydrogens is 354 g/mol. The van der Waals surface area contributed by atoms with Gasteiger partial charge >= 0.3 is 0 Å². The SMILES string of the molecule is NC(=O)c1c(O)c(O)c2c(O)c3c(cc2c1O)C(=O)c1ccccc1C3O. The van der Waals surface area contributed by atoms with Gasteiger partial charge in [-0.2, -0.15) is 0 Å². The second-order valence-electron chi connectivity index (χ2n) is 6.21. The maximum Gasteiger partial charge on any atom is 0.256 e. The van der Waals surface area contributed by atoms with Gasteiger partial charge in [-0.05, 0) is 11.6 Å². The van der Waals surface area contributed by atoms with E-state index in [-0.39, 0.29) is 27.6 Å². The van der Waals surface area contributed by atoms with Gasteiger partial charge in [-0.1, -0.05) is 24.3 Å². The summed E-state index contributed by atoms with van der Waals surface area (Å²) >= 11 is 0. The molecule has 3 aromatic rings. The summed E-state index contributed by atoms with van der Waals surface area (Å²) in [6.45, 7) is 0. The lowest BCUT2D eigenvalue weighted by molar-refractivity contribution is 0.0992. The maximum atomic E-state index is 12.8. The molecule has 0 heterocycles. The number of hydrogen-bond donors (Lipinski definition) is 6. The molecule has 8 nitrogen and oxygen atoms in total. The minimum atomic E-state index is -1.38. The molecule has 1 amide bonds. The van der Waals surface area contributed by atoms with Crippen LogP contribution >= 0.6 is 0 Å². The van der Waals surface area contributed by atoms with Crippen molar-refractivity contribution in [3.8, 4) is 23.0 Å². The van der Waals surface area contributed by atoms with Crippen molar-refractivity contribution >= 4 is 22.5 Å². The highest BCUT2D eigenvalue weighted by molar-refractivity contribution is 6.18. The maximum absolute atomic E-state index is 12.8. The summed E-state index contributed by atoms with van der Waals surface area (Å²) in [5.41, 5.74) is 4.58. The van der Waals surface area contributed by atoms with E-state index in [1.165, 1.54) is 12.1 Å². The molecule has 7 N–H and O–H groups in total. The van der Waals surface area contributed by atoms with Crippen molar-refractivity contribution in [3.63, 3.8) is 0 Å². The molecule has 0 spiro atoms. The fourth-order valence-corrected chi connectivity index (χ4v) is 3.54. The Labute approximate surface area is 151 Å². The van der Waals surface area contributed by atoms with E-state index in [1.807, 2.05) is 0 Å². The second kappa shape index (κ2) is 5.36. The molecule has 0 bridgehead atoms. The molecule has 0 fully saturated rings. The lowest BCUT2D eigenvalue weighted by Crippen LogP contribution is -2.19. The Morgan fingerprint density at radius 3 is 2.26 bits per heavy atom. The minimum absolute atomic E-state index is 0.109. The van der Waals surface area contributed by atoms with Gasteiger partial charge in [-0.25, -0.2) is 0 Å². The van der Waals surface area contributed by atoms with E-state index in [0.29, 0.717) is 0 Å². The number of benzene rings is 3. The van der Waals surface area contributed by atoms with Gasteiger partial charge < -0.3 is 31.3 Å². The number of carbonyl (C=O) groups is 2. The smallest absolute Gasteiger partial charge is 0.256 e. The van der Waals surface area contributed by atoms with Crippen molar-refractivity contribution in [1.82, 2.24) is 0 Å². The fraction of sp³-hybridized carbons (Fsp3) is 0.0526. The third kappa shape index (κ3) is 2.01. The molecule has 0 aliphatic heterocycles. The lowest BCUT2D eigenvalue weighted by atomic mass is 9.80. The van der Waals surface area contributed by atoms with E-state index in [9.17, 15) is 35.1 Å². The average Bonchev–Trinajstić information content (AvgIpc) is 2.63. The van der Waals surface area contributed by atoms with E-state index in [4.69, 9.17) is 5.73 Å². The summed E-state index contributed by atoms with van der Waals surface area (Å²) in [6, 6.07) is 7.39. The van der Waals surface area contributed by atoms with Crippen LogP contribution in [0.2, 0.25) is 0 Å². The molecule has 136 valence electrons. The average molecular weight is 367 g/mol.